The molecule has 0 aromatic heterocycles. The number of nitrogens with one attached hydrogen (secondary N) is 2. The maximum Gasteiger partial charge on any atom is 0.227 e. The second kappa shape index (κ2) is 5.12. The van der Waals surface area contributed by atoms with Gasteiger partial charge in [0.2, 0.25) is 5.91 Å². The van der Waals surface area contributed by atoms with Crippen molar-refractivity contribution in [1.82, 2.24) is 5.32 Å². The van der Waals surface area contributed by atoms with Gasteiger partial charge in [-0.05, 0) is 31.0 Å². The summed E-state index contributed by atoms with van der Waals surface area (Å²) in [5, 5.41) is 6.27. The van der Waals surface area contributed by atoms with E-state index in [9.17, 15) is 4.79 Å². The number of para-hydroxylation sites is 1. The van der Waals surface area contributed by atoms with E-state index >= 15 is 0 Å². The first-order valence-corrected chi connectivity index (χ1v) is 5.90. The molecule has 1 amide bonds. The van der Waals surface area contributed by atoms with Crippen LogP contribution in [0.2, 0.25) is 0 Å². The lowest BCUT2D eigenvalue weighted by Gasteiger charge is -2.10. The van der Waals surface area contributed by atoms with Crippen LogP contribution in [0, 0.1) is 5.92 Å². The molecule has 86 valence electrons. The monoisotopic (exact) mass is 218 g/mol. The second-order valence-corrected chi connectivity index (χ2v) is 4.20. The molecule has 1 saturated carbocycles. The first-order chi connectivity index (χ1) is 7.81. The summed E-state index contributed by atoms with van der Waals surface area (Å²) in [5.41, 5.74) is 2.10. The smallest absolute Gasteiger partial charge is 0.227 e. The first kappa shape index (κ1) is 11.1. The molecule has 2 rings (SSSR count). The number of amides is 1. The summed E-state index contributed by atoms with van der Waals surface area (Å²) in [6.07, 6.45) is 2.09. The Morgan fingerprint density at radius 3 is 2.81 bits per heavy atom. The van der Waals surface area contributed by atoms with Crippen LogP contribution in [0.25, 0.3) is 0 Å². The highest BCUT2D eigenvalue weighted by atomic mass is 16.2. The molecule has 1 aromatic rings. The third-order valence-electron chi connectivity index (χ3n) is 2.79. The fourth-order valence-electron chi connectivity index (χ4n) is 1.64. The van der Waals surface area contributed by atoms with Crippen molar-refractivity contribution < 1.29 is 4.79 Å². The predicted molar refractivity (Wildman–Crippen MR) is 65.2 cm³/mol. The highest BCUT2D eigenvalue weighted by Gasteiger charge is 2.29. The quantitative estimate of drug-likeness (QED) is 0.795. The van der Waals surface area contributed by atoms with Crippen molar-refractivity contribution in [2.75, 3.05) is 11.9 Å². The van der Waals surface area contributed by atoms with Gasteiger partial charge in [-0.15, -0.1) is 0 Å². The van der Waals surface area contributed by atoms with Crippen molar-refractivity contribution in [2.24, 2.45) is 5.92 Å². The zero-order chi connectivity index (χ0) is 11.4. The van der Waals surface area contributed by atoms with E-state index in [1.807, 2.05) is 24.3 Å². The van der Waals surface area contributed by atoms with Crippen LogP contribution in [-0.2, 0) is 11.3 Å². The molecule has 0 radical (unpaired) electrons. The standard InChI is InChI=1S/C13H18N2O/c1-2-14-9-11-5-3-4-6-12(11)15-13(16)10-7-8-10/h3-6,10,14H,2,7-9H2,1H3,(H,15,16). The van der Waals surface area contributed by atoms with Crippen molar-refractivity contribution in [3.05, 3.63) is 29.8 Å². The molecule has 1 aliphatic rings. The minimum Gasteiger partial charge on any atom is -0.326 e. The maximum atomic E-state index is 11.7. The van der Waals surface area contributed by atoms with Gasteiger partial charge in [0.25, 0.3) is 0 Å². The van der Waals surface area contributed by atoms with E-state index in [-0.39, 0.29) is 11.8 Å². The number of rotatable bonds is 5. The summed E-state index contributed by atoms with van der Waals surface area (Å²) in [6, 6.07) is 7.97. The van der Waals surface area contributed by atoms with Crippen LogP contribution >= 0.6 is 0 Å². The fourth-order valence-corrected chi connectivity index (χ4v) is 1.64. The van der Waals surface area contributed by atoms with Crippen LogP contribution in [-0.4, -0.2) is 12.5 Å². The number of carbonyl (C=O) groups excluding carboxylic acids is 1. The summed E-state index contributed by atoms with van der Waals surface area (Å²) >= 11 is 0. The molecule has 0 bridgehead atoms. The number of carbonyl (C=O) groups is 1. The van der Waals surface area contributed by atoms with Crippen molar-refractivity contribution in [1.29, 1.82) is 0 Å². The zero-order valence-electron chi connectivity index (χ0n) is 9.62. The van der Waals surface area contributed by atoms with Gasteiger partial charge in [-0.3, -0.25) is 4.79 Å². The molecule has 16 heavy (non-hydrogen) atoms. The van der Waals surface area contributed by atoms with Crippen molar-refractivity contribution in [2.45, 2.75) is 26.3 Å². The van der Waals surface area contributed by atoms with E-state index in [1.165, 1.54) is 0 Å². The van der Waals surface area contributed by atoms with E-state index < -0.39 is 0 Å². The van der Waals surface area contributed by atoms with Crippen molar-refractivity contribution >= 4 is 11.6 Å². The topological polar surface area (TPSA) is 41.1 Å². The van der Waals surface area contributed by atoms with Crippen LogP contribution < -0.4 is 10.6 Å². The zero-order valence-corrected chi connectivity index (χ0v) is 9.62. The van der Waals surface area contributed by atoms with E-state index in [0.717, 1.165) is 37.2 Å². The molecule has 0 saturated heterocycles. The maximum absolute atomic E-state index is 11.7. The molecule has 2 N–H and O–H groups in total. The summed E-state index contributed by atoms with van der Waals surface area (Å²) in [4.78, 5) is 11.7. The molecule has 1 aliphatic carbocycles. The Hall–Kier alpha value is -1.35. The van der Waals surface area contributed by atoms with Gasteiger partial charge < -0.3 is 10.6 Å². The summed E-state index contributed by atoms with van der Waals surface area (Å²) < 4.78 is 0. The fraction of sp³-hybridized carbons (Fsp3) is 0.462. The highest BCUT2D eigenvalue weighted by Crippen LogP contribution is 2.30. The SMILES string of the molecule is CCNCc1ccccc1NC(=O)C1CC1. The molecule has 0 unspecified atom stereocenters. The molecular formula is C13H18N2O. The molecule has 1 fully saturated rings. The van der Waals surface area contributed by atoms with Crippen LogP contribution in [0.1, 0.15) is 25.3 Å². The lowest BCUT2D eigenvalue weighted by molar-refractivity contribution is -0.117. The van der Waals surface area contributed by atoms with E-state index in [2.05, 4.69) is 17.6 Å². The summed E-state index contributed by atoms with van der Waals surface area (Å²) in [6.45, 7) is 3.81. The van der Waals surface area contributed by atoms with Crippen LogP contribution in [0.5, 0.6) is 0 Å². The Morgan fingerprint density at radius 2 is 2.12 bits per heavy atom. The predicted octanol–water partition coefficient (Wildman–Crippen LogP) is 2.14. The first-order valence-electron chi connectivity index (χ1n) is 5.90. The Morgan fingerprint density at radius 1 is 1.38 bits per heavy atom. The Bertz CT molecular complexity index is 372. The van der Waals surface area contributed by atoms with Crippen LogP contribution in [0.4, 0.5) is 5.69 Å². The largest absolute Gasteiger partial charge is 0.326 e. The molecule has 3 nitrogen and oxygen atoms in total. The average Bonchev–Trinajstić information content (AvgIpc) is 3.11. The van der Waals surface area contributed by atoms with Crippen molar-refractivity contribution in [3.8, 4) is 0 Å². The average molecular weight is 218 g/mol. The second-order valence-electron chi connectivity index (χ2n) is 4.20. The van der Waals surface area contributed by atoms with Gasteiger partial charge in [0.15, 0.2) is 0 Å². The number of hydrogen-bond acceptors (Lipinski definition) is 2. The summed E-state index contributed by atoms with van der Waals surface area (Å²) in [5.74, 6) is 0.427. The Labute approximate surface area is 96.2 Å². The molecule has 0 spiro atoms. The third kappa shape index (κ3) is 2.83. The minimum absolute atomic E-state index is 0.170. The molecule has 0 aliphatic heterocycles. The van der Waals surface area contributed by atoms with Gasteiger partial charge >= 0.3 is 0 Å². The van der Waals surface area contributed by atoms with Gasteiger partial charge in [0.05, 0.1) is 0 Å². The molecule has 0 heterocycles. The lowest BCUT2D eigenvalue weighted by atomic mass is 10.1. The normalized spacial score (nSPS) is 14.8. The molecule has 1 aromatic carbocycles. The van der Waals surface area contributed by atoms with Gasteiger partial charge in [-0.2, -0.15) is 0 Å². The number of hydrogen-bond donors (Lipinski definition) is 2. The van der Waals surface area contributed by atoms with Crippen LogP contribution in [0.3, 0.4) is 0 Å². The van der Waals surface area contributed by atoms with Gasteiger partial charge in [0, 0.05) is 18.2 Å². The highest BCUT2D eigenvalue weighted by molar-refractivity contribution is 5.94. The van der Waals surface area contributed by atoms with Crippen LogP contribution in [0.15, 0.2) is 24.3 Å². The lowest BCUT2D eigenvalue weighted by Crippen LogP contribution is -2.17. The molecule has 0 atom stereocenters. The number of anilines is 1. The van der Waals surface area contributed by atoms with Gasteiger partial charge in [0.1, 0.15) is 0 Å². The Kier molecular flexibility index (Phi) is 3.57. The van der Waals surface area contributed by atoms with E-state index in [4.69, 9.17) is 0 Å². The van der Waals surface area contributed by atoms with Gasteiger partial charge in [-0.25, -0.2) is 0 Å². The molecular weight excluding hydrogens is 200 g/mol. The third-order valence-corrected chi connectivity index (χ3v) is 2.79. The summed E-state index contributed by atoms with van der Waals surface area (Å²) in [7, 11) is 0. The van der Waals surface area contributed by atoms with Crippen molar-refractivity contribution in [3.63, 3.8) is 0 Å². The molecule has 3 heteroatoms. The van der Waals surface area contributed by atoms with Gasteiger partial charge in [-0.1, -0.05) is 25.1 Å². The van der Waals surface area contributed by atoms with E-state index in [1.54, 1.807) is 0 Å². The minimum atomic E-state index is 0.170. The number of benzene rings is 1. The Balaban J connectivity index is 2.02. The van der Waals surface area contributed by atoms with E-state index in [0.29, 0.717) is 0 Å².